The van der Waals surface area contributed by atoms with Crippen molar-refractivity contribution in [3.8, 4) is 22.3 Å². The maximum atomic E-state index is 14.9. The van der Waals surface area contributed by atoms with Crippen molar-refractivity contribution in [1.82, 2.24) is 0 Å². The lowest BCUT2D eigenvalue weighted by Crippen LogP contribution is -1.94. The molecule has 0 saturated heterocycles. The molecule has 0 aliphatic carbocycles. The van der Waals surface area contributed by atoms with Crippen LogP contribution >= 0.6 is 0 Å². The zero-order chi connectivity index (χ0) is 23.1. The first kappa shape index (κ1) is 22.8. The average molecular weight is 427 g/mol. The van der Waals surface area contributed by atoms with E-state index in [-0.39, 0.29) is 5.82 Å². The van der Waals surface area contributed by atoms with Crippen LogP contribution in [-0.2, 0) is 22.7 Å². The molecule has 3 aromatic rings. The minimum Gasteiger partial charge on any atom is -0.490 e. The molecule has 0 aliphatic rings. The molecule has 3 rings (SSSR count). The molecular formula is C29H27FO2. The van der Waals surface area contributed by atoms with E-state index in [1.165, 1.54) is 0 Å². The van der Waals surface area contributed by atoms with Crippen LogP contribution in [0.2, 0.25) is 0 Å². The van der Waals surface area contributed by atoms with Crippen molar-refractivity contribution >= 4 is 0 Å². The summed E-state index contributed by atoms with van der Waals surface area (Å²) in [6.45, 7) is 17.6. The van der Waals surface area contributed by atoms with E-state index in [1.807, 2.05) is 67.6 Å². The van der Waals surface area contributed by atoms with Crippen LogP contribution in [-0.4, -0.2) is 0 Å². The lowest BCUT2D eigenvalue weighted by atomic mass is 9.98. The molecule has 0 saturated carbocycles. The van der Waals surface area contributed by atoms with E-state index >= 15 is 0 Å². The van der Waals surface area contributed by atoms with Gasteiger partial charge in [-0.25, -0.2) is 4.39 Å². The largest absolute Gasteiger partial charge is 0.490 e. The molecule has 2 nitrogen and oxygen atoms in total. The zero-order valence-corrected chi connectivity index (χ0v) is 18.4. The Labute approximate surface area is 189 Å². The second-order valence-corrected chi connectivity index (χ2v) is 7.54. The predicted octanol–water partition coefficient (Wildman–Crippen LogP) is 7.98. The summed E-state index contributed by atoms with van der Waals surface area (Å²) in [5, 5.41) is 0. The maximum absolute atomic E-state index is 14.9. The lowest BCUT2D eigenvalue weighted by molar-refractivity contribution is 0.208. The fourth-order valence-electron chi connectivity index (χ4n) is 3.03. The summed E-state index contributed by atoms with van der Waals surface area (Å²) in [7, 11) is 0. The second kappa shape index (κ2) is 10.5. The first-order valence-corrected chi connectivity index (χ1v) is 10.3. The minimum atomic E-state index is -0.267. The molecule has 0 fully saturated rings. The maximum Gasteiger partial charge on any atom is 0.131 e. The van der Waals surface area contributed by atoms with Crippen molar-refractivity contribution in [3.05, 3.63) is 133 Å². The molecule has 162 valence electrons. The van der Waals surface area contributed by atoms with Gasteiger partial charge in [0.25, 0.3) is 0 Å². The number of benzene rings is 3. The molecule has 0 aromatic heterocycles. The molecule has 0 bridgehead atoms. The molecular weight excluding hydrogens is 399 g/mol. The summed E-state index contributed by atoms with van der Waals surface area (Å²) >= 11 is 0. The molecule has 3 heteroatoms. The quantitative estimate of drug-likeness (QED) is 0.242. The normalized spacial score (nSPS) is 10.3. The summed E-state index contributed by atoms with van der Waals surface area (Å²) in [5.41, 5.74) is 5.90. The molecule has 32 heavy (non-hydrogen) atoms. The molecule has 0 aliphatic heterocycles. The number of hydrogen-bond donors (Lipinski definition) is 0. The van der Waals surface area contributed by atoms with E-state index in [4.69, 9.17) is 9.47 Å². The fraction of sp³-hybridized carbons (Fsp3) is 0.103. The Morgan fingerprint density at radius 1 is 0.781 bits per heavy atom. The molecule has 0 atom stereocenters. The number of ether oxygens (including phenoxy) is 2. The Kier molecular flexibility index (Phi) is 7.45. The highest BCUT2D eigenvalue weighted by Crippen LogP contribution is 2.29. The monoisotopic (exact) mass is 426 g/mol. The highest BCUT2D eigenvalue weighted by Gasteiger charge is 2.08. The van der Waals surface area contributed by atoms with Crippen molar-refractivity contribution in [3.63, 3.8) is 0 Å². The van der Waals surface area contributed by atoms with E-state index in [1.54, 1.807) is 12.1 Å². The first-order chi connectivity index (χ1) is 15.4. The van der Waals surface area contributed by atoms with Crippen LogP contribution in [0.5, 0.6) is 0 Å². The van der Waals surface area contributed by atoms with E-state index in [0.717, 1.165) is 33.4 Å². The fourth-order valence-corrected chi connectivity index (χ4v) is 3.03. The molecule has 0 N–H and O–H groups in total. The second-order valence-electron chi connectivity index (χ2n) is 7.54. The van der Waals surface area contributed by atoms with E-state index in [9.17, 15) is 4.39 Å². The van der Waals surface area contributed by atoms with Gasteiger partial charge < -0.3 is 9.47 Å². The first-order valence-electron chi connectivity index (χ1n) is 10.3. The number of rotatable bonds is 10. The third-order valence-electron chi connectivity index (χ3n) is 5.06. The third-order valence-corrected chi connectivity index (χ3v) is 5.06. The molecule has 0 radical (unpaired) electrons. The van der Waals surface area contributed by atoms with Crippen LogP contribution in [0.4, 0.5) is 4.39 Å². The Bertz CT molecular complexity index is 1140. The number of allylic oxidation sites excluding steroid dienone is 2. The van der Waals surface area contributed by atoms with Gasteiger partial charge in [0.2, 0.25) is 0 Å². The summed E-state index contributed by atoms with van der Waals surface area (Å²) in [5.74, 6) is 0.833. The standard InChI is InChI=1S/C29H27FO2/c1-6-21(4)31-18-23-7-11-25(12-8-23)27-15-16-28(29(30)17-27)26-13-9-24(10-14-26)19-32-22(5)20(2)3/h6-17H,1-2,4-5,18-19H2,3H3. The molecule has 0 heterocycles. The van der Waals surface area contributed by atoms with Gasteiger partial charge in [-0.2, -0.15) is 0 Å². The van der Waals surface area contributed by atoms with E-state index in [0.29, 0.717) is 30.3 Å². The third kappa shape index (κ3) is 5.86. The van der Waals surface area contributed by atoms with Crippen LogP contribution in [0.25, 0.3) is 22.3 Å². The van der Waals surface area contributed by atoms with Crippen LogP contribution < -0.4 is 0 Å². The van der Waals surface area contributed by atoms with Crippen LogP contribution in [0.3, 0.4) is 0 Å². The smallest absolute Gasteiger partial charge is 0.131 e. The van der Waals surface area contributed by atoms with Gasteiger partial charge in [0.1, 0.15) is 30.5 Å². The van der Waals surface area contributed by atoms with Crippen LogP contribution in [0.1, 0.15) is 18.1 Å². The minimum absolute atomic E-state index is 0.267. The highest BCUT2D eigenvalue weighted by molar-refractivity contribution is 5.71. The van der Waals surface area contributed by atoms with Gasteiger partial charge in [0.15, 0.2) is 0 Å². The zero-order valence-electron chi connectivity index (χ0n) is 18.4. The van der Waals surface area contributed by atoms with Gasteiger partial charge in [0, 0.05) is 5.56 Å². The SMILES string of the molecule is C=CC(=C)OCc1ccc(-c2ccc(-c3ccc(COC(=C)C(=C)C)cc3)c(F)c2)cc1. The van der Waals surface area contributed by atoms with Crippen molar-refractivity contribution in [2.24, 2.45) is 0 Å². The van der Waals surface area contributed by atoms with Crippen molar-refractivity contribution in [2.75, 3.05) is 0 Å². The Morgan fingerprint density at radius 3 is 1.84 bits per heavy atom. The summed E-state index contributed by atoms with van der Waals surface area (Å²) < 4.78 is 26.0. The van der Waals surface area contributed by atoms with Gasteiger partial charge in [0.05, 0.1) is 0 Å². The van der Waals surface area contributed by atoms with E-state index < -0.39 is 0 Å². The number of hydrogen-bond acceptors (Lipinski definition) is 2. The Balaban J connectivity index is 1.69. The molecule has 0 amide bonds. The highest BCUT2D eigenvalue weighted by atomic mass is 19.1. The summed E-state index contributed by atoms with van der Waals surface area (Å²) in [4.78, 5) is 0. The van der Waals surface area contributed by atoms with Gasteiger partial charge in [-0.15, -0.1) is 0 Å². The lowest BCUT2D eigenvalue weighted by Gasteiger charge is -2.11. The van der Waals surface area contributed by atoms with Gasteiger partial charge >= 0.3 is 0 Å². The van der Waals surface area contributed by atoms with Crippen LogP contribution in [0.15, 0.2) is 116 Å². The Morgan fingerprint density at radius 2 is 1.31 bits per heavy atom. The molecule has 0 unspecified atom stereocenters. The summed E-state index contributed by atoms with van der Waals surface area (Å²) in [6, 6.07) is 20.8. The average Bonchev–Trinajstić information content (AvgIpc) is 2.81. The van der Waals surface area contributed by atoms with Crippen LogP contribution in [0, 0.1) is 5.82 Å². The van der Waals surface area contributed by atoms with E-state index in [2.05, 4.69) is 26.3 Å². The number of halogens is 1. The van der Waals surface area contributed by atoms with Crippen molar-refractivity contribution in [1.29, 1.82) is 0 Å². The van der Waals surface area contributed by atoms with Crippen molar-refractivity contribution < 1.29 is 13.9 Å². The van der Waals surface area contributed by atoms with Gasteiger partial charge in [-0.05, 0) is 52.5 Å². The van der Waals surface area contributed by atoms with Crippen molar-refractivity contribution in [2.45, 2.75) is 20.1 Å². The summed E-state index contributed by atoms with van der Waals surface area (Å²) in [6.07, 6.45) is 1.57. The topological polar surface area (TPSA) is 18.5 Å². The predicted molar refractivity (Wildman–Crippen MR) is 130 cm³/mol. The molecule has 0 spiro atoms. The Hall–Kier alpha value is -3.85. The van der Waals surface area contributed by atoms with Gasteiger partial charge in [-0.1, -0.05) is 87.0 Å². The van der Waals surface area contributed by atoms with Gasteiger partial charge in [-0.3, -0.25) is 0 Å². The molecule has 3 aromatic carbocycles.